The molecule has 0 bridgehead atoms. The second-order valence-electron chi connectivity index (χ2n) is 4.80. The molecule has 0 saturated heterocycles. The molecule has 2 unspecified atom stereocenters. The molecular formula is C11H25NO3S. The van der Waals surface area contributed by atoms with E-state index < -0.39 is 16.1 Å². The number of hydrogen-bond donors (Lipinski definition) is 2. The van der Waals surface area contributed by atoms with Crippen molar-refractivity contribution in [2.45, 2.75) is 46.6 Å². The topological polar surface area (TPSA) is 66.4 Å². The molecule has 4 nitrogen and oxygen atoms in total. The zero-order valence-electron chi connectivity index (χ0n) is 10.7. The third kappa shape index (κ3) is 7.19. The van der Waals surface area contributed by atoms with Crippen molar-refractivity contribution in [1.82, 2.24) is 4.72 Å². The zero-order valence-corrected chi connectivity index (χ0v) is 11.5. The van der Waals surface area contributed by atoms with Crippen LogP contribution in [0.2, 0.25) is 0 Å². The first kappa shape index (κ1) is 15.9. The number of hydrogen-bond acceptors (Lipinski definition) is 3. The highest BCUT2D eigenvalue weighted by Gasteiger charge is 2.16. The lowest BCUT2D eigenvalue weighted by Crippen LogP contribution is -2.36. The first-order valence-electron chi connectivity index (χ1n) is 5.94. The summed E-state index contributed by atoms with van der Waals surface area (Å²) in [4.78, 5) is 0. The number of rotatable bonds is 8. The summed E-state index contributed by atoms with van der Waals surface area (Å²) < 4.78 is 25.5. The molecule has 98 valence electrons. The Morgan fingerprint density at radius 2 is 1.81 bits per heavy atom. The molecular weight excluding hydrogens is 226 g/mol. The van der Waals surface area contributed by atoms with Gasteiger partial charge in [-0.2, -0.15) is 0 Å². The van der Waals surface area contributed by atoms with Crippen molar-refractivity contribution in [3.8, 4) is 0 Å². The highest BCUT2D eigenvalue weighted by molar-refractivity contribution is 7.89. The van der Waals surface area contributed by atoms with E-state index in [1.807, 2.05) is 27.7 Å². The predicted octanol–water partition coefficient (Wildman–Crippen LogP) is 1.36. The molecule has 0 aromatic heterocycles. The van der Waals surface area contributed by atoms with Gasteiger partial charge in [-0.3, -0.25) is 0 Å². The first-order valence-corrected chi connectivity index (χ1v) is 7.59. The highest BCUT2D eigenvalue weighted by atomic mass is 32.2. The minimum atomic E-state index is -3.22. The fourth-order valence-electron chi connectivity index (χ4n) is 1.15. The van der Waals surface area contributed by atoms with Gasteiger partial charge < -0.3 is 5.11 Å². The van der Waals surface area contributed by atoms with Gasteiger partial charge in [0.25, 0.3) is 0 Å². The van der Waals surface area contributed by atoms with Crippen molar-refractivity contribution >= 4 is 10.0 Å². The van der Waals surface area contributed by atoms with Gasteiger partial charge in [0.15, 0.2) is 0 Å². The number of aliphatic hydroxyl groups is 1. The van der Waals surface area contributed by atoms with E-state index in [4.69, 9.17) is 0 Å². The maximum atomic E-state index is 11.5. The van der Waals surface area contributed by atoms with Crippen molar-refractivity contribution in [3.05, 3.63) is 0 Å². The van der Waals surface area contributed by atoms with Gasteiger partial charge in [0.1, 0.15) is 0 Å². The Hall–Kier alpha value is -0.130. The van der Waals surface area contributed by atoms with Crippen LogP contribution in [0.1, 0.15) is 40.5 Å². The van der Waals surface area contributed by atoms with E-state index in [1.165, 1.54) is 0 Å². The highest BCUT2D eigenvalue weighted by Crippen LogP contribution is 2.07. The van der Waals surface area contributed by atoms with Crippen molar-refractivity contribution in [2.75, 3.05) is 12.3 Å². The minimum Gasteiger partial charge on any atom is -0.391 e. The zero-order chi connectivity index (χ0) is 12.8. The monoisotopic (exact) mass is 251 g/mol. The quantitative estimate of drug-likeness (QED) is 0.684. The molecule has 0 amide bonds. The average Bonchev–Trinajstić information content (AvgIpc) is 2.22. The van der Waals surface area contributed by atoms with Crippen molar-refractivity contribution < 1.29 is 13.5 Å². The lowest BCUT2D eigenvalue weighted by Gasteiger charge is -2.17. The standard InChI is InChI=1S/C11H25NO3S/c1-5-10(4)11(13)8-12-16(14,15)7-6-9(2)3/h9-13H,5-8H2,1-4H3. The van der Waals surface area contributed by atoms with Crippen LogP contribution in [0.25, 0.3) is 0 Å². The van der Waals surface area contributed by atoms with Crippen molar-refractivity contribution in [2.24, 2.45) is 11.8 Å². The molecule has 0 aliphatic rings. The third-order valence-electron chi connectivity index (χ3n) is 2.78. The third-order valence-corrected chi connectivity index (χ3v) is 4.16. The summed E-state index contributed by atoms with van der Waals surface area (Å²) in [6.45, 7) is 7.98. The molecule has 0 heterocycles. The SMILES string of the molecule is CCC(C)C(O)CNS(=O)(=O)CCC(C)C. The van der Waals surface area contributed by atoms with Gasteiger partial charge in [0.05, 0.1) is 11.9 Å². The van der Waals surface area contributed by atoms with Gasteiger partial charge in [0, 0.05) is 6.54 Å². The van der Waals surface area contributed by atoms with Crippen molar-refractivity contribution in [3.63, 3.8) is 0 Å². The van der Waals surface area contributed by atoms with Crippen LogP contribution in [-0.2, 0) is 10.0 Å². The Morgan fingerprint density at radius 1 is 1.25 bits per heavy atom. The summed E-state index contributed by atoms with van der Waals surface area (Å²) in [5.41, 5.74) is 0. The lowest BCUT2D eigenvalue weighted by atomic mass is 10.0. The normalized spacial score (nSPS) is 16.4. The number of sulfonamides is 1. The molecule has 0 aliphatic carbocycles. The van der Waals surface area contributed by atoms with Crippen LogP contribution < -0.4 is 4.72 Å². The van der Waals surface area contributed by atoms with Gasteiger partial charge in [-0.1, -0.05) is 34.1 Å². The second-order valence-corrected chi connectivity index (χ2v) is 6.73. The van der Waals surface area contributed by atoms with E-state index in [1.54, 1.807) is 0 Å². The van der Waals surface area contributed by atoms with E-state index >= 15 is 0 Å². The summed E-state index contributed by atoms with van der Waals surface area (Å²) >= 11 is 0. The summed E-state index contributed by atoms with van der Waals surface area (Å²) in [6, 6.07) is 0. The molecule has 0 rings (SSSR count). The van der Waals surface area contributed by atoms with E-state index in [-0.39, 0.29) is 18.2 Å². The smallest absolute Gasteiger partial charge is 0.211 e. The summed E-state index contributed by atoms with van der Waals surface area (Å²) in [5, 5.41) is 9.63. The molecule has 0 spiro atoms. The molecule has 2 atom stereocenters. The fraction of sp³-hybridized carbons (Fsp3) is 1.00. The molecule has 5 heteroatoms. The molecule has 0 fully saturated rings. The van der Waals surface area contributed by atoms with Crippen LogP contribution in [0, 0.1) is 11.8 Å². The Labute approximate surface area is 99.5 Å². The van der Waals surface area contributed by atoms with Crippen LogP contribution in [0.4, 0.5) is 0 Å². The first-order chi connectivity index (χ1) is 7.28. The van der Waals surface area contributed by atoms with Gasteiger partial charge in [-0.25, -0.2) is 13.1 Å². The Balaban J connectivity index is 3.99. The lowest BCUT2D eigenvalue weighted by molar-refractivity contribution is 0.118. The van der Waals surface area contributed by atoms with Crippen LogP contribution in [0.3, 0.4) is 0 Å². The van der Waals surface area contributed by atoms with E-state index in [9.17, 15) is 13.5 Å². The molecule has 0 aromatic rings. The van der Waals surface area contributed by atoms with Gasteiger partial charge in [-0.15, -0.1) is 0 Å². The van der Waals surface area contributed by atoms with E-state index in [2.05, 4.69) is 4.72 Å². The fourth-order valence-corrected chi connectivity index (χ4v) is 2.50. The average molecular weight is 251 g/mol. The summed E-state index contributed by atoms with van der Waals surface area (Å²) in [7, 11) is -3.22. The Kier molecular flexibility index (Phi) is 7.19. The maximum Gasteiger partial charge on any atom is 0.211 e. The van der Waals surface area contributed by atoms with E-state index in [0.717, 1.165) is 6.42 Å². The van der Waals surface area contributed by atoms with E-state index in [0.29, 0.717) is 12.3 Å². The molecule has 0 radical (unpaired) electrons. The van der Waals surface area contributed by atoms with Crippen molar-refractivity contribution in [1.29, 1.82) is 0 Å². The molecule has 2 N–H and O–H groups in total. The minimum absolute atomic E-state index is 0.118. The van der Waals surface area contributed by atoms with Gasteiger partial charge in [-0.05, 0) is 18.3 Å². The summed E-state index contributed by atoms with van der Waals surface area (Å²) in [5.74, 6) is 0.626. The molecule has 0 saturated carbocycles. The predicted molar refractivity (Wildman–Crippen MR) is 66.7 cm³/mol. The van der Waals surface area contributed by atoms with Gasteiger partial charge >= 0.3 is 0 Å². The maximum absolute atomic E-state index is 11.5. The number of nitrogens with one attached hydrogen (secondary N) is 1. The molecule has 0 aromatic carbocycles. The molecule has 16 heavy (non-hydrogen) atoms. The second kappa shape index (κ2) is 7.25. The Morgan fingerprint density at radius 3 is 2.25 bits per heavy atom. The van der Waals surface area contributed by atoms with Crippen LogP contribution in [-0.4, -0.2) is 31.9 Å². The van der Waals surface area contributed by atoms with Crippen LogP contribution >= 0.6 is 0 Å². The van der Waals surface area contributed by atoms with Crippen LogP contribution in [0.5, 0.6) is 0 Å². The Bertz CT molecular complexity index is 275. The number of aliphatic hydroxyl groups excluding tert-OH is 1. The molecule has 0 aliphatic heterocycles. The van der Waals surface area contributed by atoms with Crippen LogP contribution in [0.15, 0.2) is 0 Å². The van der Waals surface area contributed by atoms with Gasteiger partial charge in [0.2, 0.25) is 10.0 Å². The largest absolute Gasteiger partial charge is 0.391 e. The summed E-state index contributed by atoms with van der Waals surface area (Å²) in [6.07, 6.45) is 0.891.